The van der Waals surface area contributed by atoms with E-state index >= 15 is 0 Å². The van der Waals surface area contributed by atoms with Crippen LogP contribution in [0.25, 0.3) is 0 Å². The smallest absolute Gasteiger partial charge is 0.312 e. The van der Waals surface area contributed by atoms with Gasteiger partial charge in [-0.15, -0.1) is 0 Å². The quantitative estimate of drug-likeness (QED) is 0.571. The Labute approximate surface area is 67.9 Å². The van der Waals surface area contributed by atoms with Crippen LogP contribution in [0.1, 0.15) is 33.6 Å². The first kappa shape index (κ1) is 8.57. The molecule has 0 aliphatic heterocycles. The zero-order valence-electron chi connectivity index (χ0n) is 7.73. The van der Waals surface area contributed by atoms with E-state index in [-0.39, 0.29) is 16.8 Å². The summed E-state index contributed by atoms with van der Waals surface area (Å²) in [6.45, 7) is 6.28. The molecular formula is C9H16O2. The molecule has 0 N–H and O–H groups in total. The molecule has 0 amide bonds. The molecule has 2 nitrogen and oxygen atoms in total. The molecule has 0 aromatic rings. The van der Waals surface area contributed by atoms with Crippen LogP contribution in [-0.4, -0.2) is 13.1 Å². The molecule has 1 saturated carbocycles. The van der Waals surface area contributed by atoms with Gasteiger partial charge in [0, 0.05) is 0 Å². The molecule has 0 aromatic carbocycles. The Hall–Kier alpha value is -0.530. The fourth-order valence-corrected chi connectivity index (χ4v) is 2.00. The maximum absolute atomic E-state index is 11.3. The van der Waals surface area contributed by atoms with E-state index in [4.69, 9.17) is 4.74 Å². The highest BCUT2D eigenvalue weighted by Crippen LogP contribution is 2.65. The van der Waals surface area contributed by atoms with E-state index in [9.17, 15) is 4.79 Å². The van der Waals surface area contributed by atoms with Gasteiger partial charge >= 0.3 is 5.97 Å². The van der Waals surface area contributed by atoms with Crippen molar-refractivity contribution in [3.8, 4) is 0 Å². The highest BCUT2D eigenvalue weighted by atomic mass is 16.5. The van der Waals surface area contributed by atoms with Gasteiger partial charge in [-0.1, -0.05) is 20.8 Å². The maximum atomic E-state index is 11.3. The fraction of sp³-hybridized carbons (Fsp3) is 0.889. The minimum atomic E-state index is -0.165. The first-order valence-corrected chi connectivity index (χ1v) is 4.08. The highest BCUT2D eigenvalue weighted by molar-refractivity contribution is 5.81. The summed E-state index contributed by atoms with van der Waals surface area (Å²) in [7, 11) is 1.47. The number of esters is 1. The molecule has 1 unspecified atom stereocenters. The number of rotatable bonds is 2. The van der Waals surface area contributed by atoms with Gasteiger partial charge in [0.2, 0.25) is 0 Å². The van der Waals surface area contributed by atoms with E-state index in [2.05, 4.69) is 13.8 Å². The van der Waals surface area contributed by atoms with Crippen LogP contribution < -0.4 is 0 Å². The van der Waals surface area contributed by atoms with Gasteiger partial charge in [0.1, 0.15) is 0 Å². The average molecular weight is 156 g/mol. The molecule has 0 spiro atoms. The minimum absolute atomic E-state index is 0.0370. The average Bonchev–Trinajstić information content (AvgIpc) is 2.53. The normalized spacial score (nSPS) is 33.1. The first-order valence-electron chi connectivity index (χ1n) is 4.08. The van der Waals surface area contributed by atoms with Crippen LogP contribution >= 0.6 is 0 Å². The van der Waals surface area contributed by atoms with Gasteiger partial charge in [-0.2, -0.15) is 0 Å². The van der Waals surface area contributed by atoms with Crippen molar-refractivity contribution in [1.82, 2.24) is 0 Å². The third-order valence-electron chi connectivity index (χ3n) is 3.09. The maximum Gasteiger partial charge on any atom is 0.312 e. The van der Waals surface area contributed by atoms with Crippen LogP contribution in [0.2, 0.25) is 0 Å². The number of hydrogen-bond donors (Lipinski definition) is 0. The minimum Gasteiger partial charge on any atom is -0.469 e. The monoisotopic (exact) mass is 156 g/mol. The summed E-state index contributed by atoms with van der Waals surface area (Å²) in [5.74, 6) is -0.0370. The summed E-state index contributed by atoms with van der Waals surface area (Å²) < 4.78 is 4.77. The molecule has 0 heterocycles. The second-order valence-corrected chi connectivity index (χ2v) is 3.99. The van der Waals surface area contributed by atoms with E-state index in [1.165, 1.54) is 7.11 Å². The Bertz CT molecular complexity index is 184. The van der Waals surface area contributed by atoms with E-state index in [0.717, 1.165) is 12.8 Å². The van der Waals surface area contributed by atoms with Crippen molar-refractivity contribution in [1.29, 1.82) is 0 Å². The Kier molecular flexibility index (Phi) is 1.73. The summed E-state index contributed by atoms with van der Waals surface area (Å²) in [5.41, 5.74) is -0.00338. The lowest BCUT2D eigenvalue weighted by Gasteiger charge is -2.14. The van der Waals surface area contributed by atoms with Crippen molar-refractivity contribution in [2.75, 3.05) is 7.11 Å². The summed E-state index contributed by atoms with van der Waals surface area (Å²) in [4.78, 5) is 11.3. The molecule has 0 aromatic heterocycles. The van der Waals surface area contributed by atoms with Crippen LogP contribution in [0.5, 0.6) is 0 Å². The second kappa shape index (κ2) is 2.23. The van der Waals surface area contributed by atoms with Gasteiger partial charge < -0.3 is 4.74 Å². The van der Waals surface area contributed by atoms with E-state index in [1.54, 1.807) is 0 Å². The summed E-state index contributed by atoms with van der Waals surface area (Å²) in [6.07, 6.45) is 1.87. The predicted octanol–water partition coefficient (Wildman–Crippen LogP) is 1.99. The highest BCUT2D eigenvalue weighted by Gasteiger charge is 2.65. The molecule has 2 heteroatoms. The van der Waals surface area contributed by atoms with E-state index in [1.807, 2.05) is 6.92 Å². The lowest BCUT2D eigenvalue weighted by Crippen LogP contribution is -2.21. The topological polar surface area (TPSA) is 26.3 Å². The predicted molar refractivity (Wildman–Crippen MR) is 43.1 cm³/mol. The Morgan fingerprint density at radius 3 is 2.09 bits per heavy atom. The number of carbonyl (C=O) groups is 1. The SMILES string of the molecule is CCC1(C(=O)OC)CC1(C)C. The molecule has 0 saturated heterocycles. The van der Waals surface area contributed by atoms with Gasteiger partial charge in [0.05, 0.1) is 12.5 Å². The molecule has 1 aliphatic carbocycles. The zero-order valence-corrected chi connectivity index (χ0v) is 7.73. The molecule has 1 atom stereocenters. The second-order valence-electron chi connectivity index (χ2n) is 3.99. The molecule has 1 aliphatic rings. The number of carbonyl (C=O) groups excluding carboxylic acids is 1. The Morgan fingerprint density at radius 1 is 1.55 bits per heavy atom. The van der Waals surface area contributed by atoms with Gasteiger partial charge in [-0.25, -0.2) is 0 Å². The zero-order chi connectivity index (χ0) is 8.70. The van der Waals surface area contributed by atoms with Crippen LogP contribution in [-0.2, 0) is 9.53 Å². The fourth-order valence-electron chi connectivity index (χ4n) is 2.00. The molecule has 64 valence electrons. The summed E-state index contributed by atoms with van der Waals surface area (Å²) in [6, 6.07) is 0. The van der Waals surface area contributed by atoms with Gasteiger partial charge in [0.15, 0.2) is 0 Å². The van der Waals surface area contributed by atoms with Crippen molar-refractivity contribution in [2.24, 2.45) is 10.8 Å². The number of methoxy groups -OCH3 is 1. The van der Waals surface area contributed by atoms with Crippen molar-refractivity contribution >= 4 is 5.97 Å². The van der Waals surface area contributed by atoms with Crippen LogP contribution in [0, 0.1) is 10.8 Å². The van der Waals surface area contributed by atoms with Gasteiger partial charge in [-0.05, 0) is 18.3 Å². The first-order chi connectivity index (χ1) is 5.00. The molecule has 0 radical (unpaired) electrons. The lowest BCUT2D eigenvalue weighted by atomic mass is 9.93. The van der Waals surface area contributed by atoms with Crippen LogP contribution in [0.4, 0.5) is 0 Å². The third kappa shape index (κ3) is 0.959. The summed E-state index contributed by atoms with van der Waals surface area (Å²) >= 11 is 0. The van der Waals surface area contributed by atoms with Crippen molar-refractivity contribution in [3.63, 3.8) is 0 Å². The standard InChI is InChI=1S/C9H16O2/c1-5-9(7(10)11-4)6-8(9,2)3/h5-6H2,1-4H3. The van der Waals surface area contributed by atoms with E-state index < -0.39 is 0 Å². The molecule has 0 bridgehead atoms. The van der Waals surface area contributed by atoms with Crippen molar-refractivity contribution in [2.45, 2.75) is 33.6 Å². The third-order valence-corrected chi connectivity index (χ3v) is 3.09. The Balaban J connectivity index is 2.75. The number of ether oxygens (including phenoxy) is 1. The largest absolute Gasteiger partial charge is 0.469 e. The molecular weight excluding hydrogens is 140 g/mol. The Morgan fingerprint density at radius 2 is 2.00 bits per heavy atom. The van der Waals surface area contributed by atoms with Gasteiger partial charge in [-0.3, -0.25) is 4.79 Å². The lowest BCUT2D eigenvalue weighted by molar-refractivity contribution is -0.148. The number of hydrogen-bond acceptors (Lipinski definition) is 2. The van der Waals surface area contributed by atoms with Crippen LogP contribution in [0.3, 0.4) is 0 Å². The van der Waals surface area contributed by atoms with Gasteiger partial charge in [0.25, 0.3) is 0 Å². The van der Waals surface area contributed by atoms with Crippen molar-refractivity contribution in [3.05, 3.63) is 0 Å². The summed E-state index contributed by atoms with van der Waals surface area (Å²) in [5, 5.41) is 0. The molecule has 1 fully saturated rings. The molecule has 11 heavy (non-hydrogen) atoms. The van der Waals surface area contributed by atoms with Crippen LogP contribution in [0.15, 0.2) is 0 Å². The van der Waals surface area contributed by atoms with Crippen molar-refractivity contribution < 1.29 is 9.53 Å². The van der Waals surface area contributed by atoms with E-state index in [0.29, 0.717) is 0 Å². The molecule has 1 rings (SSSR count).